The van der Waals surface area contributed by atoms with Crippen LogP contribution < -0.4 is 0 Å². The Morgan fingerprint density at radius 3 is 2.88 bits per heavy atom. The van der Waals surface area contributed by atoms with Crippen molar-refractivity contribution in [1.29, 1.82) is 0 Å². The molecule has 16 heavy (non-hydrogen) atoms. The van der Waals surface area contributed by atoms with Gasteiger partial charge in [-0.3, -0.25) is 9.59 Å². The molecule has 1 amide bonds. The molecule has 0 unspecified atom stereocenters. The highest BCUT2D eigenvalue weighted by Crippen LogP contribution is 2.02. The summed E-state index contributed by atoms with van der Waals surface area (Å²) in [7, 11) is 3.01. The Morgan fingerprint density at radius 2 is 2.31 bits per heavy atom. The molecule has 0 saturated carbocycles. The normalized spacial score (nSPS) is 9.88. The Balaban J connectivity index is 2.33. The van der Waals surface area contributed by atoms with Gasteiger partial charge in [-0.1, -0.05) is 0 Å². The second-order valence-corrected chi connectivity index (χ2v) is 3.76. The van der Waals surface area contributed by atoms with Crippen LogP contribution >= 0.6 is 11.7 Å². The smallest absolute Gasteiger partial charge is 0.305 e. The molecule has 0 saturated heterocycles. The molecule has 6 nitrogen and oxygen atoms in total. The lowest BCUT2D eigenvalue weighted by Crippen LogP contribution is -2.28. The highest BCUT2D eigenvalue weighted by molar-refractivity contribution is 6.99. The fourth-order valence-electron chi connectivity index (χ4n) is 1.12. The van der Waals surface area contributed by atoms with E-state index in [0.717, 1.165) is 11.7 Å². The summed E-state index contributed by atoms with van der Waals surface area (Å²) in [4.78, 5) is 24.0. The number of amides is 1. The van der Waals surface area contributed by atoms with E-state index >= 15 is 0 Å². The minimum atomic E-state index is -0.267. The number of rotatable bonds is 5. The van der Waals surface area contributed by atoms with E-state index in [0.29, 0.717) is 25.1 Å². The molecule has 0 aliphatic rings. The van der Waals surface area contributed by atoms with Crippen LogP contribution in [0, 0.1) is 0 Å². The molecular weight excluding hydrogens is 230 g/mol. The number of esters is 1. The monoisotopic (exact) mass is 243 g/mol. The molecule has 0 atom stereocenters. The van der Waals surface area contributed by atoms with Crippen molar-refractivity contribution in [2.24, 2.45) is 0 Å². The van der Waals surface area contributed by atoms with Gasteiger partial charge in [0.1, 0.15) is 0 Å². The number of carbonyl (C=O) groups excluding carboxylic acids is 2. The molecule has 88 valence electrons. The molecule has 0 aromatic carbocycles. The Bertz CT molecular complexity index is 353. The average Bonchev–Trinajstić information content (AvgIpc) is 2.81. The number of nitrogens with zero attached hydrogens (tertiary/aromatic N) is 3. The molecule has 1 rings (SSSR count). The maximum absolute atomic E-state index is 11.7. The summed E-state index contributed by atoms with van der Waals surface area (Å²) in [5.74, 6) is -0.449. The van der Waals surface area contributed by atoms with Crippen molar-refractivity contribution in [3.63, 3.8) is 0 Å². The topological polar surface area (TPSA) is 72.4 Å². The fourth-order valence-corrected chi connectivity index (χ4v) is 1.53. The van der Waals surface area contributed by atoms with Crippen molar-refractivity contribution in [3.05, 3.63) is 11.9 Å². The van der Waals surface area contributed by atoms with Crippen molar-refractivity contribution in [2.75, 3.05) is 20.7 Å². The third kappa shape index (κ3) is 3.58. The lowest BCUT2D eigenvalue weighted by Gasteiger charge is -2.14. The first kappa shape index (κ1) is 12.6. The van der Waals surface area contributed by atoms with Gasteiger partial charge in [-0.15, -0.1) is 0 Å². The SMILES string of the molecule is COC(=O)CCCN(C)C(=O)c1cnsn1. The van der Waals surface area contributed by atoms with Gasteiger partial charge in [0.2, 0.25) is 0 Å². The van der Waals surface area contributed by atoms with Gasteiger partial charge >= 0.3 is 5.97 Å². The second-order valence-electron chi connectivity index (χ2n) is 3.20. The first-order valence-corrected chi connectivity index (χ1v) is 5.48. The van der Waals surface area contributed by atoms with E-state index in [9.17, 15) is 9.59 Å². The summed E-state index contributed by atoms with van der Waals surface area (Å²) >= 11 is 0.996. The first-order valence-electron chi connectivity index (χ1n) is 4.75. The first-order chi connectivity index (χ1) is 7.65. The zero-order valence-corrected chi connectivity index (χ0v) is 9.99. The predicted molar refractivity (Wildman–Crippen MR) is 58.1 cm³/mol. The molecule has 1 heterocycles. The molecule has 1 aromatic rings. The van der Waals surface area contributed by atoms with E-state index in [1.807, 2.05) is 0 Å². The summed E-state index contributed by atoms with van der Waals surface area (Å²) in [5, 5.41) is 0. The minimum Gasteiger partial charge on any atom is -0.469 e. The Morgan fingerprint density at radius 1 is 1.56 bits per heavy atom. The molecule has 0 bridgehead atoms. The van der Waals surface area contributed by atoms with Crippen LogP contribution in [-0.2, 0) is 9.53 Å². The van der Waals surface area contributed by atoms with Gasteiger partial charge in [-0.05, 0) is 6.42 Å². The minimum absolute atomic E-state index is 0.182. The maximum Gasteiger partial charge on any atom is 0.305 e. The highest BCUT2D eigenvalue weighted by atomic mass is 32.1. The second kappa shape index (κ2) is 6.16. The average molecular weight is 243 g/mol. The van der Waals surface area contributed by atoms with Crippen molar-refractivity contribution in [2.45, 2.75) is 12.8 Å². The lowest BCUT2D eigenvalue weighted by molar-refractivity contribution is -0.140. The number of hydrogen-bond donors (Lipinski definition) is 0. The summed E-state index contributed by atoms with van der Waals surface area (Å²) in [6.45, 7) is 0.492. The van der Waals surface area contributed by atoms with Crippen molar-refractivity contribution in [3.8, 4) is 0 Å². The van der Waals surface area contributed by atoms with Crippen molar-refractivity contribution >= 4 is 23.6 Å². The van der Waals surface area contributed by atoms with Crippen LogP contribution in [-0.4, -0.2) is 46.2 Å². The molecule has 0 N–H and O–H groups in total. The van der Waals surface area contributed by atoms with Crippen LogP contribution in [0.3, 0.4) is 0 Å². The quantitative estimate of drug-likeness (QED) is 0.707. The Hall–Kier alpha value is -1.50. The highest BCUT2D eigenvalue weighted by Gasteiger charge is 2.14. The van der Waals surface area contributed by atoms with Gasteiger partial charge < -0.3 is 9.64 Å². The van der Waals surface area contributed by atoms with E-state index in [4.69, 9.17) is 0 Å². The molecular formula is C9H13N3O3S. The van der Waals surface area contributed by atoms with Gasteiger partial charge in [0.05, 0.1) is 25.0 Å². The number of ether oxygens (including phenoxy) is 1. The summed E-state index contributed by atoms with van der Waals surface area (Å²) < 4.78 is 12.1. The lowest BCUT2D eigenvalue weighted by atomic mass is 10.3. The van der Waals surface area contributed by atoms with Crippen LogP contribution in [0.1, 0.15) is 23.3 Å². The molecule has 7 heteroatoms. The molecule has 1 aromatic heterocycles. The third-order valence-electron chi connectivity index (χ3n) is 2.03. The van der Waals surface area contributed by atoms with Crippen LogP contribution in [0.2, 0.25) is 0 Å². The summed E-state index contributed by atoms with van der Waals surface area (Å²) in [6.07, 6.45) is 2.32. The fraction of sp³-hybridized carbons (Fsp3) is 0.556. The van der Waals surface area contributed by atoms with Crippen molar-refractivity contribution < 1.29 is 14.3 Å². The van der Waals surface area contributed by atoms with Crippen LogP contribution in [0.4, 0.5) is 0 Å². The maximum atomic E-state index is 11.7. The molecule has 0 spiro atoms. The van der Waals surface area contributed by atoms with Gasteiger partial charge in [0.25, 0.3) is 5.91 Å². The van der Waals surface area contributed by atoms with E-state index in [1.54, 1.807) is 7.05 Å². The number of hydrogen-bond acceptors (Lipinski definition) is 6. The van der Waals surface area contributed by atoms with Crippen molar-refractivity contribution in [1.82, 2.24) is 13.6 Å². The summed E-state index contributed by atoms with van der Waals surface area (Å²) in [6, 6.07) is 0. The van der Waals surface area contributed by atoms with Crippen LogP contribution in [0.5, 0.6) is 0 Å². The predicted octanol–water partition coefficient (Wildman–Crippen LogP) is 0.563. The molecule has 0 aliphatic carbocycles. The largest absolute Gasteiger partial charge is 0.469 e. The Labute approximate surface area is 97.5 Å². The molecule has 0 fully saturated rings. The van der Waals surface area contributed by atoms with Crippen LogP contribution in [0.25, 0.3) is 0 Å². The Kier molecular flexibility index (Phi) is 4.84. The van der Waals surface area contributed by atoms with E-state index in [2.05, 4.69) is 13.5 Å². The van der Waals surface area contributed by atoms with E-state index in [-0.39, 0.29) is 11.9 Å². The zero-order valence-electron chi connectivity index (χ0n) is 9.17. The van der Waals surface area contributed by atoms with E-state index in [1.165, 1.54) is 18.2 Å². The zero-order chi connectivity index (χ0) is 12.0. The third-order valence-corrected chi connectivity index (χ3v) is 2.51. The number of aromatic nitrogens is 2. The van der Waals surface area contributed by atoms with Gasteiger partial charge in [-0.2, -0.15) is 8.75 Å². The number of carbonyl (C=O) groups is 2. The standard InChI is InChI=1S/C9H13N3O3S/c1-12(5-3-4-8(13)15-2)9(14)7-6-10-16-11-7/h6H,3-5H2,1-2H3. The van der Waals surface area contributed by atoms with Gasteiger partial charge in [0, 0.05) is 20.0 Å². The van der Waals surface area contributed by atoms with Gasteiger partial charge in [-0.25, -0.2) is 0 Å². The number of methoxy groups -OCH3 is 1. The summed E-state index contributed by atoms with van der Waals surface area (Å²) in [5.41, 5.74) is 0.338. The molecule has 0 radical (unpaired) electrons. The van der Waals surface area contributed by atoms with Crippen LogP contribution in [0.15, 0.2) is 6.20 Å². The van der Waals surface area contributed by atoms with Gasteiger partial charge in [0.15, 0.2) is 5.69 Å². The molecule has 0 aliphatic heterocycles. The van der Waals surface area contributed by atoms with E-state index < -0.39 is 0 Å².